The van der Waals surface area contributed by atoms with Crippen molar-refractivity contribution in [2.75, 3.05) is 13.1 Å². The first kappa shape index (κ1) is 18.4. The van der Waals surface area contributed by atoms with Gasteiger partial charge in [0.05, 0.1) is 25.0 Å². The number of amides is 2. The molecule has 2 saturated heterocycles. The lowest BCUT2D eigenvalue weighted by Gasteiger charge is -2.34. The normalized spacial score (nSPS) is 23.6. The van der Waals surface area contributed by atoms with Gasteiger partial charge >= 0.3 is 0 Å². The molecule has 1 aromatic rings. The Morgan fingerprint density at radius 1 is 1.15 bits per heavy atom. The number of carbonyl (C=O) groups excluding carboxylic acids is 2. The fourth-order valence-corrected chi connectivity index (χ4v) is 4.00. The summed E-state index contributed by atoms with van der Waals surface area (Å²) < 4.78 is 5.79. The zero-order valence-electron chi connectivity index (χ0n) is 14.9. The summed E-state index contributed by atoms with van der Waals surface area (Å²) in [4.78, 5) is 25.8. The van der Waals surface area contributed by atoms with Crippen molar-refractivity contribution in [3.63, 3.8) is 0 Å². The zero-order valence-corrected chi connectivity index (χ0v) is 14.9. The third-order valence-corrected chi connectivity index (χ3v) is 5.52. The Kier molecular flexibility index (Phi) is 5.89. The monoisotopic (exact) mass is 355 g/mol. The summed E-state index contributed by atoms with van der Waals surface area (Å²) in [6.07, 6.45) is 3.65. The van der Waals surface area contributed by atoms with Crippen LogP contribution in [-0.4, -0.2) is 42.0 Å². The van der Waals surface area contributed by atoms with Gasteiger partial charge in [0.2, 0.25) is 11.8 Å². The molecule has 138 valence electrons. The van der Waals surface area contributed by atoms with E-state index in [1.807, 2.05) is 29.2 Å². The second-order valence-electron chi connectivity index (χ2n) is 7.14. The van der Waals surface area contributed by atoms with E-state index in [2.05, 4.69) is 6.07 Å². The van der Waals surface area contributed by atoms with E-state index >= 15 is 0 Å². The quantitative estimate of drug-likeness (QED) is 0.867. The number of nitrogens with two attached hydrogens (primary N) is 1. The molecule has 0 radical (unpaired) electrons. The lowest BCUT2D eigenvalue weighted by atomic mass is 9.89. The lowest BCUT2D eigenvalue weighted by molar-refractivity contribution is -0.133. The van der Waals surface area contributed by atoms with E-state index in [1.165, 1.54) is 0 Å². The van der Waals surface area contributed by atoms with Crippen LogP contribution in [-0.2, 0) is 27.2 Å². The molecule has 3 rings (SSSR count). The van der Waals surface area contributed by atoms with Gasteiger partial charge in [0.25, 0.3) is 0 Å². The van der Waals surface area contributed by atoms with E-state index in [4.69, 9.17) is 15.7 Å². The largest absolute Gasteiger partial charge is 0.367 e. The van der Waals surface area contributed by atoms with Crippen molar-refractivity contribution in [3.05, 3.63) is 35.4 Å². The average molecular weight is 355 g/mol. The molecule has 2 N–H and O–H groups in total. The molecule has 2 aliphatic rings. The van der Waals surface area contributed by atoms with E-state index in [0.717, 1.165) is 30.4 Å². The van der Waals surface area contributed by atoms with Gasteiger partial charge in [-0.1, -0.05) is 24.3 Å². The summed E-state index contributed by atoms with van der Waals surface area (Å²) in [7, 11) is 0. The predicted molar refractivity (Wildman–Crippen MR) is 95.9 cm³/mol. The third-order valence-electron chi connectivity index (χ3n) is 5.52. The molecule has 0 spiro atoms. The van der Waals surface area contributed by atoms with Gasteiger partial charge in [0.15, 0.2) is 0 Å². The van der Waals surface area contributed by atoms with Crippen molar-refractivity contribution in [2.45, 2.75) is 50.7 Å². The molecule has 1 aromatic carbocycles. The van der Waals surface area contributed by atoms with E-state index in [0.29, 0.717) is 38.3 Å². The summed E-state index contributed by atoms with van der Waals surface area (Å²) >= 11 is 0. The van der Waals surface area contributed by atoms with Gasteiger partial charge in [-0.3, -0.25) is 9.59 Å². The minimum Gasteiger partial charge on any atom is -0.367 e. The first-order chi connectivity index (χ1) is 12.6. The fourth-order valence-electron chi connectivity index (χ4n) is 4.00. The number of primary amides is 1. The van der Waals surface area contributed by atoms with Crippen molar-refractivity contribution in [2.24, 2.45) is 11.7 Å². The fraction of sp³-hybridized carbons (Fsp3) is 0.550. The maximum atomic E-state index is 12.6. The molecule has 26 heavy (non-hydrogen) atoms. The van der Waals surface area contributed by atoms with E-state index in [-0.39, 0.29) is 17.9 Å². The van der Waals surface area contributed by atoms with Crippen molar-refractivity contribution >= 4 is 11.8 Å². The predicted octanol–water partition coefficient (Wildman–Crippen LogP) is 1.57. The molecule has 2 amide bonds. The molecule has 6 nitrogen and oxygen atoms in total. The number of nitriles is 1. The van der Waals surface area contributed by atoms with Gasteiger partial charge in [-0.05, 0) is 42.7 Å². The van der Waals surface area contributed by atoms with Crippen LogP contribution in [0, 0.1) is 17.2 Å². The average Bonchev–Trinajstić information content (AvgIpc) is 3.14. The Labute approximate surface area is 153 Å². The number of ether oxygens (including phenoxy) is 1. The molecule has 6 heteroatoms. The van der Waals surface area contributed by atoms with Crippen molar-refractivity contribution < 1.29 is 14.3 Å². The maximum absolute atomic E-state index is 12.6. The van der Waals surface area contributed by atoms with Crippen LogP contribution in [0.5, 0.6) is 0 Å². The third kappa shape index (κ3) is 4.23. The molecule has 2 aliphatic heterocycles. The first-order valence-corrected chi connectivity index (χ1v) is 9.24. The summed E-state index contributed by atoms with van der Waals surface area (Å²) in [5.41, 5.74) is 7.18. The van der Waals surface area contributed by atoms with Gasteiger partial charge < -0.3 is 15.4 Å². The molecule has 2 atom stereocenters. The second-order valence-corrected chi connectivity index (χ2v) is 7.14. The molecule has 0 bridgehead atoms. The molecule has 0 saturated carbocycles. The number of rotatable bonds is 5. The Morgan fingerprint density at radius 3 is 2.46 bits per heavy atom. The molecule has 0 aromatic heterocycles. The second kappa shape index (κ2) is 8.33. The van der Waals surface area contributed by atoms with Gasteiger partial charge in [-0.15, -0.1) is 0 Å². The number of nitrogens with zero attached hydrogens (tertiary/aromatic N) is 2. The highest BCUT2D eigenvalue weighted by Crippen LogP contribution is 2.32. The Hall–Kier alpha value is -2.39. The van der Waals surface area contributed by atoms with Gasteiger partial charge in [0, 0.05) is 13.1 Å². The van der Waals surface area contributed by atoms with Gasteiger partial charge in [-0.2, -0.15) is 5.26 Å². The molecular weight excluding hydrogens is 330 g/mol. The first-order valence-electron chi connectivity index (χ1n) is 9.24. The van der Waals surface area contributed by atoms with Crippen LogP contribution in [0.15, 0.2) is 24.3 Å². The smallest absolute Gasteiger partial charge is 0.246 e. The zero-order chi connectivity index (χ0) is 18.5. The molecule has 2 fully saturated rings. The summed E-state index contributed by atoms with van der Waals surface area (Å²) in [6.45, 7) is 1.43. The molecule has 2 heterocycles. The Bertz CT molecular complexity index is 704. The van der Waals surface area contributed by atoms with Crippen LogP contribution < -0.4 is 5.73 Å². The minimum atomic E-state index is -0.448. The Balaban J connectivity index is 1.51. The van der Waals surface area contributed by atoms with Crippen LogP contribution in [0.1, 0.15) is 36.8 Å². The van der Waals surface area contributed by atoms with E-state index in [1.54, 1.807) is 0 Å². The van der Waals surface area contributed by atoms with E-state index < -0.39 is 6.10 Å². The number of benzene rings is 1. The number of likely N-dealkylation sites (tertiary alicyclic amines) is 1. The molecule has 0 unspecified atom stereocenters. The van der Waals surface area contributed by atoms with Crippen molar-refractivity contribution in [1.29, 1.82) is 5.26 Å². The van der Waals surface area contributed by atoms with Crippen LogP contribution in [0.2, 0.25) is 0 Å². The lowest BCUT2D eigenvalue weighted by Crippen LogP contribution is -2.42. The van der Waals surface area contributed by atoms with Crippen molar-refractivity contribution in [1.82, 2.24) is 4.90 Å². The number of hydrogen-bond acceptors (Lipinski definition) is 4. The summed E-state index contributed by atoms with van der Waals surface area (Å²) in [5.74, 6) is 0.113. The van der Waals surface area contributed by atoms with Crippen LogP contribution in [0.4, 0.5) is 0 Å². The summed E-state index contributed by atoms with van der Waals surface area (Å²) in [6, 6.07) is 9.79. The minimum absolute atomic E-state index is 0.0844. The van der Waals surface area contributed by atoms with Gasteiger partial charge in [-0.25, -0.2) is 0 Å². The molecular formula is C20H25N3O3. The number of carbonyl (C=O) groups is 2. The van der Waals surface area contributed by atoms with Crippen LogP contribution >= 0.6 is 0 Å². The highest BCUT2D eigenvalue weighted by atomic mass is 16.5. The Morgan fingerprint density at radius 2 is 1.85 bits per heavy atom. The highest BCUT2D eigenvalue weighted by molar-refractivity contribution is 5.79. The SMILES string of the molecule is N#CCc1ccccc1CC(=O)N1CCC([C@@H]2CC[C@H](C(N)=O)O2)CC1. The van der Waals surface area contributed by atoms with E-state index in [9.17, 15) is 9.59 Å². The number of piperidine rings is 1. The van der Waals surface area contributed by atoms with Crippen molar-refractivity contribution in [3.8, 4) is 6.07 Å². The molecule has 0 aliphatic carbocycles. The number of hydrogen-bond donors (Lipinski definition) is 1. The summed E-state index contributed by atoms with van der Waals surface area (Å²) in [5, 5.41) is 8.93. The van der Waals surface area contributed by atoms with Crippen LogP contribution in [0.3, 0.4) is 0 Å². The standard InChI is InChI=1S/C20H25N3O3/c21-10-7-14-3-1-2-4-16(14)13-19(24)23-11-8-15(9-12-23)17-5-6-18(26-17)20(22)25/h1-4,15,17-18H,5-9,11-13H2,(H2,22,25)/t17-,18+/m0/s1. The van der Waals surface area contributed by atoms with Crippen LogP contribution in [0.25, 0.3) is 0 Å². The maximum Gasteiger partial charge on any atom is 0.246 e. The topological polar surface area (TPSA) is 96.4 Å². The highest BCUT2D eigenvalue weighted by Gasteiger charge is 2.36. The van der Waals surface area contributed by atoms with Gasteiger partial charge in [0.1, 0.15) is 6.10 Å².